The number of nitrogens with zero attached hydrogens (tertiary/aromatic N) is 1. The number of amides is 1. The number of carboxylic acid groups (broad SMARTS) is 1. The molecule has 0 radical (unpaired) electrons. The second-order valence-corrected chi connectivity index (χ2v) is 7.25. The largest absolute Gasteiger partial charge is 0.494 e. The fourth-order valence-corrected chi connectivity index (χ4v) is 3.26. The maximum absolute atomic E-state index is 12.0. The lowest BCUT2D eigenvalue weighted by atomic mass is 10.0. The van der Waals surface area contributed by atoms with E-state index in [2.05, 4.69) is 17.2 Å². The number of carbonyl (C=O) groups is 2. The monoisotopic (exact) mass is 388 g/mol. The molecular formula is C22H32N2O4. The van der Waals surface area contributed by atoms with Crippen molar-refractivity contribution in [2.45, 2.75) is 71.1 Å². The highest BCUT2D eigenvalue weighted by Crippen LogP contribution is 2.29. The Hall–Kier alpha value is -2.37. The van der Waals surface area contributed by atoms with Gasteiger partial charge >= 0.3 is 5.97 Å². The molecule has 28 heavy (non-hydrogen) atoms. The number of rotatable bonds is 13. The van der Waals surface area contributed by atoms with Gasteiger partial charge in [-0.3, -0.25) is 9.59 Å². The Morgan fingerprint density at radius 3 is 2.50 bits per heavy atom. The van der Waals surface area contributed by atoms with E-state index in [1.807, 2.05) is 18.2 Å². The van der Waals surface area contributed by atoms with Crippen molar-refractivity contribution in [3.05, 3.63) is 23.8 Å². The highest BCUT2D eigenvalue weighted by atomic mass is 16.5. The minimum absolute atomic E-state index is 0.376. The van der Waals surface area contributed by atoms with Gasteiger partial charge in [0.2, 0.25) is 0 Å². The quantitative estimate of drug-likeness (QED) is 0.490. The summed E-state index contributed by atoms with van der Waals surface area (Å²) in [7, 11) is 0. The Kier molecular flexibility index (Phi) is 9.52. The van der Waals surface area contributed by atoms with Crippen LogP contribution in [0.25, 0.3) is 0 Å². The third kappa shape index (κ3) is 7.71. The zero-order chi connectivity index (χ0) is 20.2. The molecule has 0 saturated carbocycles. The van der Waals surface area contributed by atoms with Crippen LogP contribution in [0.5, 0.6) is 5.75 Å². The molecule has 0 spiro atoms. The fourth-order valence-electron chi connectivity index (χ4n) is 3.26. The molecule has 1 aliphatic rings. The lowest BCUT2D eigenvalue weighted by Gasteiger charge is -2.16. The lowest BCUT2D eigenvalue weighted by Crippen LogP contribution is -2.35. The minimum atomic E-state index is -1.07. The zero-order valence-electron chi connectivity index (χ0n) is 16.8. The van der Waals surface area contributed by atoms with E-state index in [-0.39, 0.29) is 0 Å². The minimum Gasteiger partial charge on any atom is -0.494 e. The standard InChI is InChI=1S/C22H32N2O4/c1-2-3-4-5-6-7-8-9-14-28-18-11-13-19-17(15-18)10-12-20(24-19)22(27)23-16-21(25)26/h11,13,15H,2-10,12,14,16H2,1H3,(H,23,27)(H,25,26). The van der Waals surface area contributed by atoms with Crippen LogP contribution < -0.4 is 10.1 Å². The van der Waals surface area contributed by atoms with Crippen LogP contribution in [0.15, 0.2) is 23.2 Å². The first-order chi connectivity index (χ1) is 13.6. The molecule has 6 nitrogen and oxygen atoms in total. The van der Waals surface area contributed by atoms with Crippen molar-refractivity contribution in [2.24, 2.45) is 4.99 Å². The van der Waals surface area contributed by atoms with Crippen molar-refractivity contribution >= 4 is 23.3 Å². The average molecular weight is 389 g/mol. The first kappa shape index (κ1) is 21.9. The molecule has 2 N–H and O–H groups in total. The number of fused-ring (bicyclic) bond motifs is 1. The third-order valence-electron chi connectivity index (χ3n) is 4.87. The number of nitrogens with one attached hydrogen (secondary N) is 1. The smallest absolute Gasteiger partial charge is 0.322 e. The Bertz CT molecular complexity index is 685. The molecule has 1 heterocycles. The first-order valence-corrected chi connectivity index (χ1v) is 10.4. The van der Waals surface area contributed by atoms with Crippen LogP contribution in [0.2, 0.25) is 0 Å². The van der Waals surface area contributed by atoms with E-state index in [1.54, 1.807) is 0 Å². The molecule has 0 fully saturated rings. The van der Waals surface area contributed by atoms with Gasteiger partial charge in [0.25, 0.3) is 5.91 Å². The molecule has 0 saturated heterocycles. The number of benzene rings is 1. The summed E-state index contributed by atoms with van der Waals surface area (Å²) >= 11 is 0. The van der Waals surface area contributed by atoms with E-state index in [9.17, 15) is 9.59 Å². The van der Waals surface area contributed by atoms with Crippen molar-refractivity contribution in [1.29, 1.82) is 0 Å². The summed E-state index contributed by atoms with van der Waals surface area (Å²) in [6.45, 7) is 2.57. The number of hydrogen-bond donors (Lipinski definition) is 2. The second kappa shape index (κ2) is 12.2. The van der Waals surface area contributed by atoms with Gasteiger partial charge in [-0.1, -0.05) is 51.9 Å². The Labute approximate surface area is 167 Å². The Balaban J connectivity index is 1.72. The summed E-state index contributed by atoms with van der Waals surface area (Å²) in [5.74, 6) is -0.637. The molecule has 0 unspecified atom stereocenters. The number of aliphatic carboxylic acids is 1. The summed E-state index contributed by atoms with van der Waals surface area (Å²) < 4.78 is 5.86. The zero-order valence-corrected chi connectivity index (χ0v) is 16.8. The predicted octanol–water partition coefficient (Wildman–Crippen LogP) is 4.43. The SMILES string of the molecule is CCCCCCCCCCOc1ccc2c(c1)CCC(C(=O)NCC(=O)O)=N2. The Morgan fingerprint density at radius 2 is 1.79 bits per heavy atom. The van der Waals surface area contributed by atoms with Gasteiger partial charge in [-0.2, -0.15) is 0 Å². The molecule has 0 aromatic heterocycles. The van der Waals surface area contributed by atoms with Crippen molar-refractivity contribution in [1.82, 2.24) is 5.32 Å². The van der Waals surface area contributed by atoms with E-state index in [1.165, 1.54) is 44.9 Å². The molecule has 1 amide bonds. The van der Waals surface area contributed by atoms with Gasteiger partial charge in [-0.15, -0.1) is 0 Å². The molecule has 0 bridgehead atoms. The van der Waals surface area contributed by atoms with Gasteiger partial charge in [0.05, 0.1) is 12.3 Å². The molecule has 6 heteroatoms. The number of carbonyl (C=O) groups excluding carboxylic acids is 1. The maximum atomic E-state index is 12.0. The van der Waals surface area contributed by atoms with Crippen LogP contribution in [-0.4, -0.2) is 35.8 Å². The molecule has 1 aromatic carbocycles. The fraction of sp³-hybridized carbons (Fsp3) is 0.591. The van der Waals surface area contributed by atoms with E-state index in [4.69, 9.17) is 9.84 Å². The molecule has 0 atom stereocenters. The molecular weight excluding hydrogens is 356 g/mol. The highest BCUT2D eigenvalue weighted by molar-refractivity contribution is 6.39. The van der Waals surface area contributed by atoms with Crippen molar-refractivity contribution in [3.8, 4) is 5.75 Å². The van der Waals surface area contributed by atoms with Crippen LogP contribution in [-0.2, 0) is 16.0 Å². The van der Waals surface area contributed by atoms with E-state index < -0.39 is 18.4 Å². The lowest BCUT2D eigenvalue weighted by molar-refractivity contribution is -0.137. The normalized spacial score (nSPS) is 12.8. The predicted molar refractivity (Wildman–Crippen MR) is 111 cm³/mol. The van der Waals surface area contributed by atoms with Gasteiger partial charge in [-0.25, -0.2) is 4.99 Å². The topological polar surface area (TPSA) is 88.0 Å². The number of ether oxygens (including phenoxy) is 1. The van der Waals surface area contributed by atoms with Crippen LogP contribution in [0.3, 0.4) is 0 Å². The number of aliphatic imine (C=N–C) groups is 1. The van der Waals surface area contributed by atoms with E-state index in [0.717, 1.165) is 30.0 Å². The number of carboxylic acids is 1. The third-order valence-corrected chi connectivity index (χ3v) is 4.87. The van der Waals surface area contributed by atoms with Crippen LogP contribution in [0.4, 0.5) is 5.69 Å². The van der Waals surface area contributed by atoms with Crippen molar-refractivity contribution < 1.29 is 19.4 Å². The number of hydrogen-bond acceptors (Lipinski definition) is 4. The molecule has 0 aliphatic carbocycles. The van der Waals surface area contributed by atoms with E-state index >= 15 is 0 Å². The van der Waals surface area contributed by atoms with Crippen molar-refractivity contribution in [2.75, 3.05) is 13.2 Å². The van der Waals surface area contributed by atoms with Gasteiger partial charge in [0.15, 0.2) is 0 Å². The first-order valence-electron chi connectivity index (χ1n) is 10.4. The number of aryl methyl sites for hydroxylation is 1. The number of unbranched alkanes of at least 4 members (excludes halogenated alkanes) is 7. The van der Waals surface area contributed by atoms with Crippen molar-refractivity contribution in [3.63, 3.8) is 0 Å². The summed E-state index contributed by atoms with van der Waals surface area (Å²) in [6.07, 6.45) is 11.4. The molecule has 1 aliphatic heterocycles. The van der Waals surface area contributed by atoms with Gasteiger partial charge in [-0.05, 0) is 43.0 Å². The second-order valence-electron chi connectivity index (χ2n) is 7.25. The molecule has 154 valence electrons. The summed E-state index contributed by atoms with van der Waals surface area (Å²) in [6, 6.07) is 5.74. The van der Waals surface area contributed by atoms with Gasteiger partial charge in [0.1, 0.15) is 18.0 Å². The van der Waals surface area contributed by atoms with Crippen LogP contribution in [0, 0.1) is 0 Å². The molecule has 2 rings (SSSR count). The van der Waals surface area contributed by atoms with Gasteiger partial charge < -0.3 is 15.2 Å². The summed E-state index contributed by atoms with van der Waals surface area (Å²) in [5.41, 5.74) is 2.19. The van der Waals surface area contributed by atoms with E-state index in [0.29, 0.717) is 18.6 Å². The maximum Gasteiger partial charge on any atom is 0.322 e. The Morgan fingerprint density at radius 1 is 1.07 bits per heavy atom. The van der Waals surface area contributed by atoms with Crippen LogP contribution >= 0.6 is 0 Å². The molecule has 1 aromatic rings. The summed E-state index contributed by atoms with van der Waals surface area (Å²) in [4.78, 5) is 26.9. The average Bonchev–Trinajstić information content (AvgIpc) is 2.70. The highest BCUT2D eigenvalue weighted by Gasteiger charge is 2.18. The van der Waals surface area contributed by atoms with Gasteiger partial charge in [0, 0.05) is 0 Å². The van der Waals surface area contributed by atoms with Crippen LogP contribution in [0.1, 0.15) is 70.3 Å². The summed E-state index contributed by atoms with van der Waals surface area (Å²) in [5, 5.41) is 11.0.